The average Bonchev–Trinajstić information content (AvgIpc) is 3.15. The minimum atomic E-state index is -0.349. The van der Waals surface area contributed by atoms with Gasteiger partial charge in [-0.15, -0.1) is 0 Å². The van der Waals surface area contributed by atoms with Crippen LogP contribution in [-0.4, -0.2) is 50.1 Å². The number of methoxy groups -OCH3 is 1. The van der Waals surface area contributed by atoms with E-state index in [1.54, 1.807) is 12.0 Å². The molecule has 2 amide bonds. The van der Waals surface area contributed by atoms with Gasteiger partial charge in [0.2, 0.25) is 11.8 Å². The first kappa shape index (κ1) is 20.4. The number of ether oxygens (including phenoxy) is 2. The summed E-state index contributed by atoms with van der Waals surface area (Å²) in [7, 11) is 1.59. The Morgan fingerprint density at radius 2 is 1.93 bits per heavy atom. The molecule has 0 aromatic heterocycles. The van der Waals surface area contributed by atoms with Crippen LogP contribution in [0.5, 0.6) is 5.75 Å². The summed E-state index contributed by atoms with van der Waals surface area (Å²) in [6, 6.07) is 13.9. The fourth-order valence-corrected chi connectivity index (χ4v) is 4.36. The summed E-state index contributed by atoms with van der Waals surface area (Å²) >= 11 is 0. The maximum absolute atomic E-state index is 13.3. The van der Waals surface area contributed by atoms with Gasteiger partial charge in [0.15, 0.2) is 0 Å². The van der Waals surface area contributed by atoms with Gasteiger partial charge in [0, 0.05) is 19.5 Å². The van der Waals surface area contributed by atoms with Crippen molar-refractivity contribution in [2.45, 2.75) is 26.4 Å². The van der Waals surface area contributed by atoms with Crippen molar-refractivity contribution in [1.82, 2.24) is 4.90 Å². The summed E-state index contributed by atoms with van der Waals surface area (Å²) in [5.41, 5.74) is 4.05. The van der Waals surface area contributed by atoms with Crippen molar-refractivity contribution in [2.24, 2.45) is 5.92 Å². The monoisotopic (exact) mass is 408 g/mol. The van der Waals surface area contributed by atoms with Crippen molar-refractivity contribution in [3.8, 4) is 5.75 Å². The first-order valence-corrected chi connectivity index (χ1v) is 10.4. The molecule has 2 aliphatic rings. The molecule has 2 fully saturated rings. The maximum Gasteiger partial charge on any atom is 0.228 e. The van der Waals surface area contributed by atoms with Crippen LogP contribution >= 0.6 is 0 Å². The minimum Gasteiger partial charge on any atom is -0.495 e. The summed E-state index contributed by atoms with van der Waals surface area (Å²) in [6.07, 6.45) is 0.0939. The van der Waals surface area contributed by atoms with Gasteiger partial charge in [-0.25, -0.2) is 0 Å². The molecule has 0 aliphatic carbocycles. The number of rotatable bonds is 4. The Hall–Kier alpha value is -2.86. The predicted molar refractivity (Wildman–Crippen MR) is 115 cm³/mol. The van der Waals surface area contributed by atoms with E-state index in [1.807, 2.05) is 42.2 Å². The summed E-state index contributed by atoms with van der Waals surface area (Å²) < 4.78 is 11.4. The number of hydrogen-bond donors (Lipinski definition) is 0. The number of nitrogens with zero attached hydrogens (tertiary/aromatic N) is 2. The molecule has 0 radical (unpaired) electrons. The second-order valence-corrected chi connectivity index (χ2v) is 8.08. The first-order valence-electron chi connectivity index (χ1n) is 10.4. The number of morpholine rings is 1. The van der Waals surface area contributed by atoms with E-state index in [1.165, 1.54) is 0 Å². The Labute approximate surface area is 177 Å². The quantitative estimate of drug-likeness (QED) is 0.779. The van der Waals surface area contributed by atoms with Gasteiger partial charge in [-0.05, 0) is 42.7 Å². The average molecular weight is 408 g/mol. The number of aryl methyl sites for hydroxylation is 2. The van der Waals surface area contributed by atoms with E-state index in [0.717, 1.165) is 22.4 Å². The maximum atomic E-state index is 13.3. The van der Waals surface area contributed by atoms with Crippen LogP contribution in [0.2, 0.25) is 0 Å². The molecule has 2 atom stereocenters. The molecule has 0 spiro atoms. The molecular weight excluding hydrogens is 380 g/mol. The topological polar surface area (TPSA) is 59.1 Å². The number of anilines is 1. The highest BCUT2D eigenvalue weighted by atomic mass is 16.5. The Kier molecular flexibility index (Phi) is 5.77. The lowest BCUT2D eigenvalue weighted by Gasteiger charge is -2.35. The van der Waals surface area contributed by atoms with Crippen molar-refractivity contribution in [2.75, 3.05) is 38.3 Å². The Morgan fingerprint density at radius 1 is 1.13 bits per heavy atom. The summed E-state index contributed by atoms with van der Waals surface area (Å²) in [6.45, 7) is 5.99. The van der Waals surface area contributed by atoms with Crippen LogP contribution in [0.3, 0.4) is 0 Å². The molecule has 4 rings (SSSR count). The van der Waals surface area contributed by atoms with Gasteiger partial charge in [-0.2, -0.15) is 0 Å². The normalized spacial score (nSPS) is 21.8. The molecule has 0 unspecified atom stereocenters. The third-order valence-corrected chi connectivity index (χ3v) is 6.01. The second-order valence-electron chi connectivity index (χ2n) is 8.08. The summed E-state index contributed by atoms with van der Waals surface area (Å²) in [5, 5.41) is 0. The van der Waals surface area contributed by atoms with Gasteiger partial charge in [0.1, 0.15) is 11.9 Å². The third-order valence-electron chi connectivity index (χ3n) is 6.01. The van der Waals surface area contributed by atoms with Crippen molar-refractivity contribution in [3.63, 3.8) is 0 Å². The Balaban J connectivity index is 1.49. The van der Waals surface area contributed by atoms with Crippen molar-refractivity contribution < 1.29 is 19.1 Å². The van der Waals surface area contributed by atoms with Crippen LogP contribution in [0.15, 0.2) is 42.5 Å². The lowest BCUT2D eigenvalue weighted by atomic mass is 10.0. The minimum absolute atomic E-state index is 0.0272. The Bertz CT molecular complexity index is 958. The van der Waals surface area contributed by atoms with E-state index in [0.29, 0.717) is 32.0 Å². The van der Waals surface area contributed by atoms with Crippen LogP contribution in [0, 0.1) is 19.8 Å². The number of benzene rings is 2. The molecule has 6 heteroatoms. The van der Waals surface area contributed by atoms with E-state index in [-0.39, 0.29) is 30.3 Å². The van der Waals surface area contributed by atoms with Crippen LogP contribution in [0.1, 0.15) is 29.2 Å². The molecular formula is C24H28N2O4. The highest BCUT2D eigenvalue weighted by Crippen LogP contribution is 2.35. The fraction of sp³-hybridized carbons (Fsp3) is 0.417. The molecule has 0 saturated carbocycles. The number of carbonyl (C=O) groups excluding carboxylic acids is 2. The van der Waals surface area contributed by atoms with Gasteiger partial charge < -0.3 is 19.3 Å². The zero-order valence-electron chi connectivity index (χ0n) is 17.8. The summed E-state index contributed by atoms with van der Waals surface area (Å²) in [4.78, 5) is 29.6. The second kappa shape index (κ2) is 8.48. The zero-order chi connectivity index (χ0) is 21.3. The molecule has 0 bridgehead atoms. The van der Waals surface area contributed by atoms with Crippen LogP contribution in [0.4, 0.5) is 5.69 Å². The molecule has 2 saturated heterocycles. The van der Waals surface area contributed by atoms with E-state index in [2.05, 4.69) is 19.1 Å². The van der Waals surface area contributed by atoms with Crippen LogP contribution in [-0.2, 0) is 14.3 Å². The van der Waals surface area contributed by atoms with Crippen molar-refractivity contribution in [3.05, 3.63) is 59.2 Å². The van der Waals surface area contributed by atoms with E-state index >= 15 is 0 Å². The van der Waals surface area contributed by atoms with Gasteiger partial charge >= 0.3 is 0 Å². The molecule has 6 nitrogen and oxygen atoms in total. The largest absolute Gasteiger partial charge is 0.495 e. The van der Waals surface area contributed by atoms with Crippen LogP contribution < -0.4 is 9.64 Å². The highest BCUT2D eigenvalue weighted by Gasteiger charge is 2.39. The molecule has 30 heavy (non-hydrogen) atoms. The van der Waals surface area contributed by atoms with Crippen LogP contribution in [0.25, 0.3) is 0 Å². The van der Waals surface area contributed by atoms with Gasteiger partial charge in [0.25, 0.3) is 0 Å². The van der Waals surface area contributed by atoms with E-state index in [9.17, 15) is 9.59 Å². The molecule has 2 aliphatic heterocycles. The molecule has 158 valence electrons. The fourth-order valence-electron chi connectivity index (χ4n) is 4.36. The van der Waals surface area contributed by atoms with E-state index < -0.39 is 0 Å². The van der Waals surface area contributed by atoms with E-state index in [4.69, 9.17) is 9.47 Å². The van der Waals surface area contributed by atoms with Gasteiger partial charge in [-0.1, -0.05) is 30.3 Å². The lowest BCUT2D eigenvalue weighted by Crippen LogP contribution is -2.45. The Morgan fingerprint density at radius 3 is 2.70 bits per heavy atom. The third kappa shape index (κ3) is 3.92. The zero-order valence-corrected chi connectivity index (χ0v) is 17.8. The first-order chi connectivity index (χ1) is 14.5. The van der Waals surface area contributed by atoms with Gasteiger partial charge in [-0.3, -0.25) is 9.59 Å². The standard InChI is InChI=1S/C24H28N2O4/c1-16-8-9-21(29-3)20(12-16)26-14-18(13-23(26)27)24(28)25-10-11-30-22(15-25)19-7-5-4-6-17(19)2/h4-9,12,18,22H,10-11,13-15H2,1-3H3/t18-,22+/m0/s1. The number of amides is 2. The smallest absolute Gasteiger partial charge is 0.228 e. The SMILES string of the molecule is COc1ccc(C)cc1N1C[C@@H](C(=O)N2CCO[C@@H](c3ccccc3C)C2)CC1=O. The predicted octanol–water partition coefficient (Wildman–Crippen LogP) is 3.27. The number of carbonyl (C=O) groups is 2. The molecule has 0 N–H and O–H groups in total. The van der Waals surface area contributed by atoms with Crippen molar-refractivity contribution in [1.29, 1.82) is 0 Å². The molecule has 2 heterocycles. The van der Waals surface area contributed by atoms with Gasteiger partial charge in [0.05, 0.1) is 31.9 Å². The van der Waals surface area contributed by atoms with Crippen molar-refractivity contribution >= 4 is 17.5 Å². The number of hydrogen-bond acceptors (Lipinski definition) is 4. The lowest BCUT2D eigenvalue weighted by molar-refractivity contribution is -0.143. The molecule has 2 aromatic carbocycles. The highest BCUT2D eigenvalue weighted by molar-refractivity contribution is 6.01. The molecule has 2 aromatic rings. The summed E-state index contributed by atoms with van der Waals surface area (Å²) in [5.74, 6) is 0.284.